The molecule has 0 amide bonds. The molecule has 1 N–H and O–H groups in total. The van der Waals surface area contributed by atoms with Gasteiger partial charge in [0.05, 0.1) is 6.10 Å². The Bertz CT molecular complexity index is 334. The molecule has 102 valence electrons. The van der Waals surface area contributed by atoms with Gasteiger partial charge in [-0.3, -0.25) is 4.90 Å². The molecule has 4 fully saturated rings. The van der Waals surface area contributed by atoms with Gasteiger partial charge in [0.25, 0.3) is 0 Å². The Balaban J connectivity index is 1.67. The maximum absolute atomic E-state index is 9.86. The maximum atomic E-state index is 9.86. The Kier molecular flexibility index (Phi) is 2.72. The molecule has 3 heteroatoms. The first-order valence-electron chi connectivity index (χ1n) is 7.86. The van der Waals surface area contributed by atoms with Crippen LogP contribution in [0.1, 0.15) is 51.4 Å². The van der Waals surface area contributed by atoms with Gasteiger partial charge in [0.1, 0.15) is 0 Å². The summed E-state index contributed by atoms with van der Waals surface area (Å²) in [6.45, 7) is 2.55. The topological polar surface area (TPSA) is 32.7 Å². The lowest BCUT2D eigenvalue weighted by atomic mass is 9.58. The molecule has 18 heavy (non-hydrogen) atoms. The lowest BCUT2D eigenvalue weighted by molar-refractivity contribution is -0.269. The zero-order valence-electron chi connectivity index (χ0n) is 11.2. The Morgan fingerprint density at radius 1 is 1.06 bits per heavy atom. The monoisotopic (exact) mass is 251 g/mol. The standard InChI is InChI=1S/C15H25NO2/c17-13-6-8-15-7-3-4-11(14(15)18-13)12-5-1-2-9-16(12)10-15/h11-14,17H,1-10H2/t11-,12-,13+,14-,15-/m1/s1. The maximum Gasteiger partial charge on any atom is 0.154 e. The lowest BCUT2D eigenvalue weighted by Crippen LogP contribution is -2.66. The van der Waals surface area contributed by atoms with Gasteiger partial charge in [-0.1, -0.05) is 12.8 Å². The highest BCUT2D eigenvalue weighted by molar-refractivity contribution is 5.07. The summed E-state index contributed by atoms with van der Waals surface area (Å²) in [7, 11) is 0. The minimum absolute atomic E-state index is 0.356. The van der Waals surface area contributed by atoms with E-state index in [1.165, 1.54) is 58.0 Å². The molecule has 0 unspecified atom stereocenters. The van der Waals surface area contributed by atoms with Crippen molar-refractivity contribution in [3.63, 3.8) is 0 Å². The zero-order chi connectivity index (χ0) is 12.2. The number of fused-ring (bicyclic) bond motifs is 2. The van der Waals surface area contributed by atoms with Gasteiger partial charge in [-0.2, -0.15) is 0 Å². The summed E-state index contributed by atoms with van der Waals surface area (Å²) in [6.07, 6.45) is 10.0. The Labute approximate surface area is 109 Å². The molecule has 4 aliphatic rings. The smallest absolute Gasteiger partial charge is 0.154 e. The number of aliphatic hydroxyl groups excluding tert-OH is 1. The summed E-state index contributed by atoms with van der Waals surface area (Å²) in [5.41, 5.74) is 0.385. The van der Waals surface area contributed by atoms with E-state index in [1.54, 1.807) is 0 Å². The predicted octanol–water partition coefficient (Wildman–Crippen LogP) is 2.14. The van der Waals surface area contributed by atoms with Crippen LogP contribution >= 0.6 is 0 Å². The van der Waals surface area contributed by atoms with Gasteiger partial charge in [0.2, 0.25) is 0 Å². The quantitative estimate of drug-likeness (QED) is 0.716. The SMILES string of the molecule is O[C@@H]1CC[C@]23CCC[C@H]([C@H]4CCCCN4C2)[C@H]3O1. The first kappa shape index (κ1) is 11.7. The van der Waals surface area contributed by atoms with Crippen LogP contribution in [0.5, 0.6) is 0 Å². The second-order valence-corrected chi connectivity index (χ2v) is 7.00. The van der Waals surface area contributed by atoms with Crippen molar-refractivity contribution in [3.05, 3.63) is 0 Å². The van der Waals surface area contributed by atoms with E-state index in [0.717, 1.165) is 12.5 Å². The van der Waals surface area contributed by atoms with E-state index in [2.05, 4.69) is 4.90 Å². The molecule has 3 nitrogen and oxygen atoms in total. The van der Waals surface area contributed by atoms with Crippen LogP contribution in [0.3, 0.4) is 0 Å². The summed E-state index contributed by atoms with van der Waals surface area (Å²) < 4.78 is 6.03. The van der Waals surface area contributed by atoms with Crippen molar-refractivity contribution in [2.75, 3.05) is 13.1 Å². The summed E-state index contributed by atoms with van der Waals surface area (Å²) in [6, 6.07) is 0.752. The highest BCUT2D eigenvalue weighted by atomic mass is 16.6. The number of hydrogen-bond acceptors (Lipinski definition) is 3. The predicted molar refractivity (Wildman–Crippen MR) is 69.1 cm³/mol. The Morgan fingerprint density at radius 3 is 2.94 bits per heavy atom. The largest absolute Gasteiger partial charge is 0.368 e. The van der Waals surface area contributed by atoms with Crippen molar-refractivity contribution in [1.29, 1.82) is 0 Å². The number of rotatable bonds is 0. The first-order valence-corrected chi connectivity index (χ1v) is 7.86. The van der Waals surface area contributed by atoms with E-state index >= 15 is 0 Å². The van der Waals surface area contributed by atoms with Crippen LogP contribution in [0.15, 0.2) is 0 Å². The van der Waals surface area contributed by atoms with E-state index in [1.807, 2.05) is 0 Å². The number of ether oxygens (including phenoxy) is 1. The van der Waals surface area contributed by atoms with E-state index < -0.39 is 6.29 Å². The molecular weight excluding hydrogens is 226 g/mol. The van der Waals surface area contributed by atoms with Crippen molar-refractivity contribution in [3.8, 4) is 0 Å². The second-order valence-electron chi connectivity index (χ2n) is 7.00. The van der Waals surface area contributed by atoms with Gasteiger partial charge >= 0.3 is 0 Å². The molecule has 0 aromatic heterocycles. The lowest BCUT2D eigenvalue weighted by Gasteiger charge is -2.61. The summed E-state index contributed by atoms with van der Waals surface area (Å²) >= 11 is 0. The van der Waals surface area contributed by atoms with Crippen LogP contribution in [0.4, 0.5) is 0 Å². The third-order valence-electron chi connectivity index (χ3n) is 6.07. The van der Waals surface area contributed by atoms with Gasteiger partial charge in [0, 0.05) is 23.9 Å². The average molecular weight is 251 g/mol. The van der Waals surface area contributed by atoms with Crippen molar-refractivity contribution in [2.24, 2.45) is 11.3 Å². The van der Waals surface area contributed by atoms with E-state index in [4.69, 9.17) is 4.74 Å². The first-order chi connectivity index (χ1) is 8.78. The van der Waals surface area contributed by atoms with Gasteiger partial charge in [0.15, 0.2) is 6.29 Å². The fraction of sp³-hybridized carbons (Fsp3) is 1.00. The molecule has 0 aromatic carbocycles. The molecule has 0 aromatic rings. The van der Waals surface area contributed by atoms with Crippen molar-refractivity contribution in [2.45, 2.75) is 69.8 Å². The van der Waals surface area contributed by atoms with Crippen molar-refractivity contribution >= 4 is 0 Å². The van der Waals surface area contributed by atoms with Crippen LogP contribution in [0.25, 0.3) is 0 Å². The summed E-state index contributed by atoms with van der Waals surface area (Å²) in [5, 5.41) is 9.86. The minimum Gasteiger partial charge on any atom is -0.368 e. The fourth-order valence-electron chi connectivity index (χ4n) is 5.34. The molecule has 3 aliphatic heterocycles. The molecule has 0 spiro atoms. The normalized spacial score (nSPS) is 52.5. The molecule has 1 aliphatic carbocycles. The fourth-order valence-corrected chi connectivity index (χ4v) is 5.34. The number of hydrogen-bond donors (Lipinski definition) is 1. The molecule has 4 rings (SSSR count). The molecule has 2 bridgehead atoms. The molecule has 5 atom stereocenters. The van der Waals surface area contributed by atoms with Crippen LogP contribution in [-0.4, -0.2) is 41.5 Å². The summed E-state index contributed by atoms with van der Waals surface area (Å²) in [5.74, 6) is 0.697. The molecular formula is C15H25NO2. The van der Waals surface area contributed by atoms with E-state index in [0.29, 0.717) is 17.4 Å². The Hall–Kier alpha value is -0.120. The van der Waals surface area contributed by atoms with Crippen LogP contribution in [-0.2, 0) is 4.74 Å². The van der Waals surface area contributed by atoms with Gasteiger partial charge in [-0.05, 0) is 45.1 Å². The third kappa shape index (κ3) is 1.60. The number of aliphatic hydroxyl groups is 1. The van der Waals surface area contributed by atoms with Crippen molar-refractivity contribution < 1.29 is 9.84 Å². The number of piperidine rings is 2. The van der Waals surface area contributed by atoms with Gasteiger partial charge < -0.3 is 9.84 Å². The van der Waals surface area contributed by atoms with E-state index in [9.17, 15) is 5.11 Å². The number of nitrogens with zero attached hydrogens (tertiary/aromatic N) is 1. The van der Waals surface area contributed by atoms with Crippen LogP contribution in [0, 0.1) is 11.3 Å². The molecule has 0 radical (unpaired) electrons. The third-order valence-corrected chi connectivity index (χ3v) is 6.07. The average Bonchev–Trinajstić information content (AvgIpc) is 2.38. The van der Waals surface area contributed by atoms with Gasteiger partial charge in [-0.15, -0.1) is 0 Å². The second kappa shape index (κ2) is 4.19. The highest BCUT2D eigenvalue weighted by Gasteiger charge is 2.57. The van der Waals surface area contributed by atoms with E-state index in [-0.39, 0.29) is 0 Å². The Morgan fingerprint density at radius 2 is 2.00 bits per heavy atom. The van der Waals surface area contributed by atoms with Crippen LogP contribution < -0.4 is 0 Å². The molecule has 1 saturated carbocycles. The van der Waals surface area contributed by atoms with Crippen LogP contribution in [0.2, 0.25) is 0 Å². The zero-order valence-corrected chi connectivity index (χ0v) is 11.2. The molecule has 3 heterocycles. The highest BCUT2D eigenvalue weighted by Crippen LogP contribution is 2.54. The summed E-state index contributed by atoms with van der Waals surface area (Å²) in [4.78, 5) is 2.77. The minimum atomic E-state index is -0.487. The van der Waals surface area contributed by atoms with Gasteiger partial charge in [-0.25, -0.2) is 0 Å². The molecule has 3 saturated heterocycles. The van der Waals surface area contributed by atoms with Crippen molar-refractivity contribution in [1.82, 2.24) is 4.90 Å².